The van der Waals surface area contributed by atoms with Crippen LogP contribution in [0.5, 0.6) is 11.5 Å². The van der Waals surface area contributed by atoms with Gasteiger partial charge in [0.15, 0.2) is 5.75 Å². The van der Waals surface area contributed by atoms with Crippen LogP contribution in [0.15, 0.2) is 54.7 Å². The predicted octanol–water partition coefficient (Wildman–Crippen LogP) is 4.47. The first-order chi connectivity index (χ1) is 10.9. The molecule has 1 aromatic heterocycles. The van der Waals surface area contributed by atoms with E-state index in [2.05, 4.69) is 4.98 Å². The molecule has 3 aromatic rings. The molecule has 2 aromatic carbocycles. The van der Waals surface area contributed by atoms with E-state index in [-0.39, 0.29) is 11.5 Å². The first-order valence-corrected chi connectivity index (χ1v) is 8.65. The van der Waals surface area contributed by atoms with Crippen molar-refractivity contribution in [2.75, 3.05) is 0 Å². The molecule has 0 aliphatic rings. The van der Waals surface area contributed by atoms with E-state index >= 15 is 0 Å². The summed E-state index contributed by atoms with van der Waals surface area (Å²) in [7, 11) is -4.65. The van der Waals surface area contributed by atoms with Gasteiger partial charge in [-0.15, -0.1) is 0 Å². The topological polar surface area (TPSA) is 71.5 Å². The molecule has 1 unspecified atom stereocenters. The minimum Gasteiger partial charge on any atom is -0.736 e. The summed E-state index contributed by atoms with van der Waals surface area (Å²) in [5, 5.41) is 1.49. The standard InChI is InChI=1S/C15H10Cl2NO4P/c16-10-3-5-11(6-4-10)21-23(19,20)22-14-8-7-13(17)12-2-1-9-18-15(12)14/h1-9H,(H,19,20)/p-1. The fourth-order valence-electron chi connectivity index (χ4n) is 1.95. The van der Waals surface area contributed by atoms with Crippen LogP contribution in [0.25, 0.3) is 10.9 Å². The highest BCUT2D eigenvalue weighted by molar-refractivity contribution is 7.46. The Morgan fingerprint density at radius 3 is 2.48 bits per heavy atom. The largest absolute Gasteiger partial charge is 0.736 e. The molecule has 0 bridgehead atoms. The summed E-state index contributed by atoms with van der Waals surface area (Å²) in [5.41, 5.74) is 0.329. The Hall–Kier alpha value is -1.78. The van der Waals surface area contributed by atoms with Crippen molar-refractivity contribution >= 4 is 41.9 Å². The number of fused-ring (bicyclic) bond motifs is 1. The average molecular weight is 369 g/mol. The van der Waals surface area contributed by atoms with Gasteiger partial charge < -0.3 is 13.9 Å². The molecular formula is C15H9Cl2NO4P-. The molecule has 0 aliphatic heterocycles. The highest BCUT2D eigenvalue weighted by Crippen LogP contribution is 2.43. The van der Waals surface area contributed by atoms with Crippen molar-refractivity contribution in [3.63, 3.8) is 0 Å². The van der Waals surface area contributed by atoms with Gasteiger partial charge in [0, 0.05) is 16.6 Å². The fraction of sp³-hybridized carbons (Fsp3) is 0. The van der Waals surface area contributed by atoms with Crippen LogP contribution < -0.4 is 13.9 Å². The number of phosphoric acid groups is 1. The van der Waals surface area contributed by atoms with Crippen LogP contribution in [-0.4, -0.2) is 4.98 Å². The van der Waals surface area contributed by atoms with E-state index in [4.69, 9.17) is 32.2 Å². The van der Waals surface area contributed by atoms with Crippen LogP contribution in [0, 0.1) is 0 Å². The summed E-state index contributed by atoms with van der Waals surface area (Å²) in [6, 6.07) is 12.2. The predicted molar refractivity (Wildman–Crippen MR) is 87.1 cm³/mol. The van der Waals surface area contributed by atoms with Crippen LogP contribution in [0.3, 0.4) is 0 Å². The van der Waals surface area contributed by atoms with Crippen molar-refractivity contribution in [2.45, 2.75) is 0 Å². The molecule has 3 rings (SSSR count). The van der Waals surface area contributed by atoms with Gasteiger partial charge in [-0.25, -0.2) is 4.57 Å². The first kappa shape index (κ1) is 16.1. The van der Waals surface area contributed by atoms with E-state index in [1.54, 1.807) is 12.1 Å². The zero-order chi connectivity index (χ0) is 16.4. The monoisotopic (exact) mass is 368 g/mol. The quantitative estimate of drug-likeness (QED) is 0.635. The van der Waals surface area contributed by atoms with E-state index in [0.717, 1.165) is 0 Å². The molecule has 23 heavy (non-hydrogen) atoms. The summed E-state index contributed by atoms with van der Waals surface area (Å²) in [5.74, 6) is 0.135. The summed E-state index contributed by atoms with van der Waals surface area (Å²) in [6.45, 7) is 0. The molecule has 0 saturated heterocycles. The van der Waals surface area contributed by atoms with Crippen LogP contribution in [0.2, 0.25) is 10.0 Å². The van der Waals surface area contributed by atoms with Gasteiger partial charge in [0.2, 0.25) is 0 Å². The van der Waals surface area contributed by atoms with Crippen molar-refractivity contribution in [2.24, 2.45) is 0 Å². The minimum atomic E-state index is -4.65. The van der Waals surface area contributed by atoms with Gasteiger partial charge in [-0.1, -0.05) is 23.2 Å². The highest BCUT2D eigenvalue weighted by atomic mass is 35.5. The minimum absolute atomic E-state index is 0.0392. The number of nitrogens with zero attached hydrogens (tertiary/aromatic N) is 1. The van der Waals surface area contributed by atoms with Gasteiger partial charge in [-0.2, -0.15) is 0 Å². The number of aromatic nitrogens is 1. The Labute approximate surface area is 142 Å². The van der Waals surface area contributed by atoms with Crippen molar-refractivity contribution < 1.29 is 18.5 Å². The molecule has 118 valence electrons. The van der Waals surface area contributed by atoms with Gasteiger partial charge >= 0.3 is 7.82 Å². The Balaban J connectivity index is 1.90. The van der Waals surface area contributed by atoms with Crippen molar-refractivity contribution in [3.8, 4) is 11.5 Å². The summed E-state index contributed by atoms with van der Waals surface area (Å²) >= 11 is 11.8. The van der Waals surface area contributed by atoms with E-state index < -0.39 is 7.82 Å². The van der Waals surface area contributed by atoms with Gasteiger partial charge in [-0.3, -0.25) is 4.98 Å². The van der Waals surface area contributed by atoms with Crippen LogP contribution in [0.4, 0.5) is 0 Å². The molecule has 0 aliphatic carbocycles. The molecule has 0 radical (unpaired) electrons. The fourth-order valence-corrected chi connectivity index (χ4v) is 3.10. The van der Waals surface area contributed by atoms with Crippen LogP contribution in [0.1, 0.15) is 0 Å². The molecule has 1 heterocycles. The summed E-state index contributed by atoms with van der Waals surface area (Å²) in [4.78, 5) is 16.2. The third-order valence-electron chi connectivity index (χ3n) is 2.92. The first-order valence-electron chi connectivity index (χ1n) is 6.44. The van der Waals surface area contributed by atoms with Gasteiger partial charge in [0.1, 0.15) is 11.3 Å². The number of phosphoric ester groups is 1. The number of pyridine rings is 1. The number of benzene rings is 2. The van der Waals surface area contributed by atoms with Gasteiger partial charge in [0.05, 0.1) is 5.02 Å². The van der Waals surface area contributed by atoms with Gasteiger partial charge in [0.25, 0.3) is 0 Å². The molecule has 1 atom stereocenters. The van der Waals surface area contributed by atoms with Crippen molar-refractivity contribution in [1.82, 2.24) is 4.98 Å². The highest BCUT2D eigenvalue weighted by Gasteiger charge is 2.16. The second-order valence-electron chi connectivity index (χ2n) is 4.53. The molecule has 8 heteroatoms. The third kappa shape index (κ3) is 3.77. The van der Waals surface area contributed by atoms with Crippen LogP contribution >= 0.6 is 31.0 Å². The van der Waals surface area contributed by atoms with Crippen LogP contribution in [-0.2, 0) is 4.57 Å². The smallest absolute Gasteiger partial charge is 0.372 e. The third-order valence-corrected chi connectivity index (χ3v) is 4.36. The lowest BCUT2D eigenvalue weighted by Crippen LogP contribution is -2.13. The maximum Gasteiger partial charge on any atom is 0.372 e. The van der Waals surface area contributed by atoms with Crippen molar-refractivity contribution in [3.05, 3.63) is 64.8 Å². The zero-order valence-electron chi connectivity index (χ0n) is 11.5. The summed E-state index contributed by atoms with van der Waals surface area (Å²) in [6.07, 6.45) is 1.52. The number of rotatable bonds is 4. The molecule has 0 spiro atoms. The molecule has 5 nitrogen and oxygen atoms in total. The maximum atomic E-state index is 12.1. The van der Waals surface area contributed by atoms with Crippen molar-refractivity contribution in [1.29, 1.82) is 0 Å². The molecule has 0 saturated carbocycles. The van der Waals surface area contributed by atoms with E-state index in [1.165, 1.54) is 42.6 Å². The normalized spacial score (nSPS) is 13.5. The average Bonchev–Trinajstić information content (AvgIpc) is 2.52. The van der Waals surface area contributed by atoms with Gasteiger partial charge in [-0.05, 0) is 48.5 Å². The molecule has 0 N–H and O–H groups in total. The lowest BCUT2D eigenvalue weighted by atomic mass is 10.2. The Kier molecular flexibility index (Phi) is 4.46. The molecular weight excluding hydrogens is 360 g/mol. The molecule has 0 fully saturated rings. The second kappa shape index (κ2) is 6.38. The SMILES string of the molecule is O=P([O-])(Oc1ccc(Cl)cc1)Oc1ccc(Cl)c2cccnc12. The number of halogens is 2. The number of hydrogen-bond donors (Lipinski definition) is 0. The number of hydrogen-bond acceptors (Lipinski definition) is 5. The van der Waals surface area contributed by atoms with E-state index in [1.807, 2.05) is 0 Å². The van der Waals surface area contributed by atoms with E-state index in [9.17, 15) is 9.46 Å². The lowest BCUT2D eigenvalue weighted by Gasteiger charge is -2.24. The maximum absolute atomic E-state index is 12.1. The Bertz CT molecular complexity index is 902. The zero-order valence-corrected chi connectivity index (χ0v) is 13.9. The second-order valence-corrected chi connectivity index (χ2v) is 6.63. The Morgan fingerprint density at radius 2 is 1.74 bits per heavy atom. The molecule has 0 amide bonds. The lowest BCUT2D eigenvalue weighted by molar-refractivity contribution is -0.208. The van der Waals surface area contributed by atoms with E-state index in [0.29, 0.717) is 20.9 Å². The summed E-state index contributed by atoms with van der Waals surface area (Å²) < 4.78 is 22.0. The Morgan fingerprint density at radius 1 is 1.00 bits per heavy atom.